The van der Waals surface area contributed by atoms with Gasteiger partial charge in [0.2, 0.25) is 10.0 Å². The zero-order valence-corrected chi connectivity index (χ0v) is 11.8. The lowest BCUT2D eigenvalue weighted by Gasteiger charge is -2.33. The Morgan fingerprint density at radius 1 is 1.32 bits per heavy atom. The molecule has 2 aliphatic rings. The zero-order chi connectivity index (χ0) is 13.6. The van der Waals surface area contributed by atoms with Crippen molar-refractivity contribution in [1.29, 1.82) is 0 Å². The number of nitrogens with zero attached hydrogens (tertiary/aromatic N) is 3. The largest absolute Gasteiger partial charge is 0.363 e. The highest BCUT2D eigenvalue weighted by Crippen LogP contribution is 2.38. The highest BCUT2D eigenvalue weighted by Gasteiger charge is 2.44. The van der Waals surface area contributed by atoms with Gasteiger partial charge in [0.15, 0.2) is 5.82 Å². The molecule has 0 bridgehead atoms. The highest BCUT2D eigenvalue weighted by molar-refractivity contribution is 7.88. The van der Waals surface area contributed by atoms with Gasteiger partial charge < -0.3 is 9.26 Å². The molecular formula is C11H17N3O4S. The number of sulfonamides is 1. The molecule has 106 valence electrons. The number of aryl methyl sites for hydroxylation is 1. The van der Waals surface area contributed by atoms with Gasteiger partial charge in [-0.2, -0.15) is 9.29 Å². The molecule has 0 saturated carbocycles. The van der Waals surface area contributed by atoms with Crippen LogP contribution in [0, 0.1) is 6.92 Å². The van der Waals surface area contributed by atoms with Crippen LogP contribution in [0.5, 0.6) is 0 Å². The van der Waals surface area contributed by atoms with Gasteiger partial charge in [0.25, 0.3) is 5.89 Å². The molecule has 1 aromatic heterocycles. The number of ether oxygens (including phenoxy) is 1. The Labute approximate surface area is 112 Å². The topological polar surface area (TPSA) is 85.5 Å². The smallest absolute Gasteiger partial charge is 0.255 e. The number of hydrogen-bond donors (Lipinski definition) is 0. The van der Waals surface area contributed by atoms with Crippen molar-refractivity contribution in [3.05, 3.63) is 11.7 Å². The van der Waals surface area contributed by atoms with E-state index in [0.29, 0.717) is 24.7 Å². The van der Waals surface area contributed by atoms with Gasteiger partial charge in [-0.15, -0.1) is 0 Å². The van der Waals surface area contributed by atoms with E-state index in [0.717, 1.165) is 12.8 Å². The first-order valence-corrected chi connectivity index (χ1v) is 8.22. The van der Waals surface area contributed by atoms with Gasteiger partial charge in [0, 0.05) is 6.54 Å². The molecule has 19 heavy (non-hydrogen) atoms. The highest BCUT2D eigenvalue weighted by atomic mass is 32.2. The number of fused-ring (bicyclic) bond motifs is 1. The Morgan fingerprint density at radius 2 is 2.11 bits per heavy atom. The van der Waals surface area contributed by atoms with Crippen molar-refractivity contribution in [2.24, 2.45) is 0 Å². The summed E-state index contributed by atoms with van der Waals surface area (Å²) in [6.07, 6.45) is 3.17. The quantitative estimate of drug-likeness (QED) is 0.793. The van der Waals surface area contributed by atoms with Crippen LogP contribution in [0.3, 0.4) is 0 Å². The van der Waals surface area contributed by atoms with E-state index in [1.165, 1.54) is 6.26 Å². The Morgan fingerprint density at radius 3 is 2.74 bits per heavy atom. The molecule has 2 fully saturated rings. The fraction of sp³-hybridized carbons (Fsp3) is 0.818. The fourth-order valence-corrected chi connectivity index (χ4v) is 4.10. The second kappa shape index (κ2) is 4.53. The predicted octanol–water partition coefficient (Wildman–Crippen LogP) is 0.632. The average Bonchev–Trinajstić information content (AvgIpc) is 2.92. The third-order valence-corrected chi connectivity index (χ3v) is 5.05. The molecule has 2 saturated heterocycles. The third-order valence-electron chi connectivity index (χ3n) is 3.74. The summed E-state index contributed by atoms with van der Waals surface area (Å²) in [5.41, 5.74) is 0. The van der Waals surface area contributed by atoms with E-state index < -0.39 is 10.0 Å². The maximum atomic E-state index is 11.7. The minimum absolute atomic E-state index is 0.0460. The summed E-state index contributed by atoms with van der Waals surface area (Å²) in [5.74, 6) is 1.08. The van der Waals surface area contributed by atoms with Gasteiger partial charge in [-0.1, -0.05) is 5.16 Å². The van der Waals surface area contributed by atoms with Crippen molar-refractivity contribution < 1.29 is 17.7 Å². The second-order valence-electron chi connectivity index (χ2n) is 5.15. The van der Waals surface area contributed by atoms with E-state index in [1.54, 1.807) is 11.2 Å². The molecule has 3 heterocycles. The minimum atomic E-state index is -3.15. The molecule has 0 N–H and O–H groups in total. The van der Waals surface area contributed by atoms with Crippen LogP contribution < -0.4 is 0 Å². The Balaban J connectivity index is 1.74. The van der Waals surface area contributed by atoms with Crippen molar-refractivity contribution in [3.8, 4) is 0 Å². The lowest BCUT2D eigenvalue weighted by Crippen LogP contribution is -2.42. The summed E-state index contributed by atoms with van der Waals surface area (Å²) in [5, 5.41) is 3.76. The van der Waals surface area contributed by atoms with E-state index in [-0.39, 0.29) is 18.2 Å². The van der Waals surface area contributed by atoms with Gasteiger partial charge in [-0.05, 0) is 26.2 Å². The first-order valence-electron chi connectivity index (χ1n) is 6.37. The molecule has 2 aliphatic heterocycles. The van der Waals surface area contributed by atoms with Crippen LogP contribution in [0.25, 0.3) is 0 Å². The van der Waals surface area contributed by atoms with E-state index >= 15 is 0 Å². The van der Waals surface area contributed by atoms with Gasteiger partial charge in [-0.3, -0.25) is 0 Å². The molecule has 1 aromatic rings. The predicted molar refractivity (Wildman–Crippen MR) is 65.8 cm³/mol. The Bertz CT molecular complexity index is 570. The summed E-state index contributed by atoms with van der Waals surface area (Å²) in [7, 11) is -3.15. The maximum Gasteiger partial charge on any atom is 0.255 e. The number of aromatic nitrogens is 2. The zero-order valence-electron chi connectivity index (χ0n) is 10.9. The molecule has 7 nitrogen and oxygen atoms in total. The molecule has 0 aromatic carbocycles. The summed E-state index contributed by atoms with van der Waals surface area (Å²) in [6, 6.07) is -0.0460. The van der Waals surface area contributed by atoms with Gasteiger partial charge in [0.05, 0.1) is 18.4 Å². The molecule has 0 amide bonds. The van der Waals surface area contributed by atoms with Gasteiger partial charge in [-0.25, -0.2) is 8.42 Å². The summed E-state index contributed by atoms with van der Waals surface area (Å²) < 4.78 is 36.0. The first kappa shape index (κ1) is 13.0. The standard InChI is InChI=1S/C11H17N3O4S/c1-7-12-11(18-13-7)10-4-3-8-9(17-10)5-6-14(8)19(2,15)16/h8-10H,3-6H2,1-2H3/t8-,9-,10-/m1/s1. The van der Waals surface area contributed by atoms with Crippen molar-refractivity contribution in [1.82, 2.24) is 14.4 Å². The van der Waals surface area contributed by atoms with Crippen LogP contribution in [0.4, 0.5) is 0 Å². The Hall–Kier alpha value is -0.990. The molecule has 3 rings (SSSR count). The fourth-order valence-electron chi connectivity index (χ4n) is 2.93. The SMILES string of the molecule is Cc1noc([C@H]2CC[C@@H]3[C@@H](CCN3S(C)(=O)=O)O2)n1. The van der Waals surface area contributed by atoms with Crippen molar-refractivity contribution in [3.63, 3.8) is 0 Å². The molecule has 0 spiro atoms. The van der Waals surface area contributed by atoms with E-state index in [9.17, 15) is 8.42 Å². The molecular weight excluding hydrogens is 270 g/mol. The van der Waals surface area contributed by atoms with E-state index in [2.05, 4.69) is 10.1 Å². The summed E-state index contributed by atoms with van der Waals surface area (Å²) >= 11 is 0. The van der Waals surface area contributed by atoms with Gasteiger partial charge >= 0.3 is 0 Å². The van der Waals surface area contributed by atoms with Crippen LogP contribution >= 0.6 is 0 Å². The molecule has 3 atom stereocenters. The second-order valence-corrected chi connectivity index (χ2v) is 7.09. The number of hydrogen-bond acceptors (Lipinski definition) is 6. The average molecular weight is 287 g/mol. The Kier molecular flexibility index (Phi) is 3.11. The van der Waals surface area contributed by atoms with Crippen LogP contribution in [0.15, 0.2) is 4.52 Å². The molecule has 0 unspecified atom stereocenters. The van der Waals surface area contributed by atoms with Crippen molar-refractivity contribution >= 4 is 10.0 Å². The van der Waals surface area contributed by atoms with Crippen molar-refractivity contribution in [2.45, 2.75) is 44.4 Å². The van der Waals surface area contributed by atoms with Crippen LogP contribution in [-0.2, 0) is 14.8 Å². The van der Waals surface area contributed by atoms with Crippen LogP contribution in [0.1, 0.15) is 37.1 Å². The lowest BCUT2D eigenvalue weighted by atomic mass is 10.00. The normalized spacial score (nSPS) is 32.4. The maximum absolute atomic E-state index is 11.7. The monoisotopic (exact) mass is 287 g/mol. The van der Waals surface area contributed by atoms with Crippen molar-refractivity contribution in [2.75, 3.05) is 12.8 Å². The summed E-state index contributed by atoms with van der Waals surface area (Å²) in [6.45, 7) is 2.29. The van der Waals surface area contributed by atoms with E-state index in [1.807, 2.05) is 0 Å². The molecule has 0 aliphatic carbocycles. The van der Waals surface area contributed by atoms with Gasteiger partial charge in [0.1, 0.15) is 6.10 Å². The first-order chi connectivity index (χ1) is 8.95. The summed E-state index contributed by atoms with van der Waals surface area (Å²) in [4.78, 5) is 4.18. The van der Waals surface area contributed by atoms with Crippen LogP contribution in [-0.4, -0.2) is 47.8 Å². The molecule has 8 heteroatoms. The lowest BCUT2D eigenvalue weighted by molar-refractivity contribution is -0.0752. The number of rotatable bonds is 2. The van der Waals surface area contributed by atoms with E-state index in [4.69, 9.17) is 9.26 Å². The molecule has 0 radical (unpaired) electrons. The van der Waals surface area contributed by atoms with Crippen LogP contribution in [0.2, 0.25) is 0 Å². The third kappa shape index (κ3) is 2.39. The minimum Gasteiger partial charge on any atom is -0.363 e.